The Kier molecular flexibility index (Phi) is 9.89. The molecule has 0 bridgehead atoms. The van der Waals surface area contributed by atoms with E-state index in [0.29, 0.717) is 0 Å². The normalized spacial score (nSPS) is 10.9. The Morgan fingerprint density at radius 3 is 1.55 bits per heavy atom. The number of rotatable bonds is 4. The molecular weight excluding hydrogens is 200 g/mol. The van der Waals surface area contributed by atoms with E-state index in [1.54, 1.807) is 0 Å². The Labute approximate surface area is 82.5 Å². The van der Waals surface area contributed by atoms with Crippen molar-refractivity contribution in [2.75, 3.05) is 12.7 Å². The molecule has 0 aliphatic carbocycles. The van der Waals surface area contributed by atoms with Crippen molar-refractivity contribution in [3.8, 4) is 0 Å². The van der Waals surface area contributed by atoms with Crippen molar-refractivity contribution in [2.24, 2.45) is 5.73 Å². The van der Waals surface area contributed by atoms with Gasteiger partial charge in [0.05, 0.1) is 0 Å². The van der Waals surface area contributed by atoms with Gasteiger partial charge in [-0.25, -0.2) is 0 Å². The van der Waals surface area contributed by atoms with Crippen molar-refractivity contribution in [1.29, 1.82) is 0 Å². The number of hydrogen-bond donors (Lipinski definition) is 1. The molecule has 0 fully saturated rings. The third-order valence-electron chi connectivity index (χ3n) is 1.71. The minimum Gasteiger partial charge on any atom is -0.330 e. The molecule has 0 aliphatic heterocycles. The first-order valence-corrected chi connectivity index (χ1v) is 5.72. The largest absolute Gasteiger partial charge is 0.330 e. The van der Waals surface area contributed by atoms with Crippen molar-refractivity contribution in [3.63, 3.8) is 0 Å². The molecule has 0 saturated heterocycles. The van der Waals surface area contributed by atoms with Gasteiger partial charge in [-0.15, -0.1) is 7.92 Å². The van der Waals surface area contributed by atoms with E-state index in [0.717, 1.165) is 17.9 Å². The van der Waals surface area contributed by atoms with Crippen LogP contribution in [0.15, 0.2) is 0 Å². The molecule has 1 radical (unpaired) electrons. The summed E-state index contributed by atoms with van der Waals surface area (Å²) in [6.07, 6.45) is 1.24. The molecule has 0 atom stereocenters. The zero-order valence-corrected chi connectivity index (χ0v) is 9.86. The maximum Gasteiger partial charge on any atom is 0 e. The number of nitrogens with two attached hydrogens (primary N) is 1. The van der Waals surface area contributed by atoms with Crippen LogP contribution in [0.1, 0.15) is 27.7 Å². The van der Waals surface area contributed by atoms with E-state index in [1.807, 2.05) is 0 Å². The first-order valence-electron chi connectivity index (χ1n) is 4.05. The van der Waals surface area contributed by atoms with E-state index in [-0.39, 0.29) is 24.7 Å². The fourth-order valence-electron chi connectivity index (χ4n) is 1.26. The molecule has 0 saturated carbocycles. The van der Waals surface area contributed by atoms with E-state index < -0.39 is 0 Å². The monoisotopic (exact) mass is 220 g/mol. The Bertz CT molecular complexity index is 78.2. The van der Waals surface area contributed by atoms with Gasteiger partial charge in [0.15, 0.2) is 0 Å². The maximum atomic E-state index is 5.52. The molecular formula is C8H20CoNP. The van der Waals surface area contributed by atoms with Crippen molar-refractivity contribution < 1.29 is 16.8 Å². The fraction of sp³-hybridized carbons (Fsp3) is 1.00. The SMILES string of the molecule is CC(C)P(CCN)C(C)C.[Co]. The summed E-state index contributed by atoms with van der Waals surface area (Å²) >= 11 is 0. The van der Waals surface area contributed by atoms with Crippen molar-refractivity contribution in [1.82, 2.24) is 0 Å². The van der Waals surface area contributed by atoms with Gasteiger partial charge in [0.25, 0.3) is 0 Å². The minimum atomic E-state index is 0. The van der Waals surface area contributed by atoms with E-state index >= 15 is 0 Å². The van der Waals surface area contributed by atoms with E-state index in [9.17, 15) is 0 Å². The third kappa shape index (κ3) is 6.09. The topological polar surface area (TPSA) is 26.0 Å². The summed E-state index contributed by atoms with van der Waals surface area (Å²) in [4.78, 5) is 0. The minimum absolute atomic E-state index is 0. The standard InChI is InChI=1S/C8H20NP.Co/c1-7(2)10(6-5-9)8(3)4;/h7-8H,5-6,9H2,1-4H3;. The quantitative estimate of drug-likeness (QED) is 0.722. The zero-order chi connectivity index (χ0) is 8.15. The molecule has 0 unspecified atom stereocenters. The van der Waals surface area contributed by atoms with Crippen LogP contribution in [-0.4, -0.2) is 24.0 Å². The molecule has 11 heavy (non-hydrogen) atoms. The molecule has 0 heterocycles. The second kappa shape index (κ2) is 7.54. The summed E-state index contributed by atoms with van der Waals surface area (Å²) in [6.45, 7) is 10.1. The van der Waals surface area contributed by atoms with Crippen LogP contribution in [0.4, 0.5) is 0 Å². The second-order valence-electron chi connectivity index (χ2n) is 3.21. The molecule has 1 nitrogen and oxygen atoms in total. The maximum absolute atomic E-state index is 5.52. The summed E-state index contributed by atoms with van der Waals surface area (Å²) in [6, 6.07) is 0. The van der Waals surface area contributed by atoms with Crippen molar-refractivity contribution >= 4 is 7.92 Å². The molecule has 0 aromatic heterocycles. The van der Waals surface area contributed by atoms with Gasteiger partial charge in [0.1, 0.15) is 0 Å². The van der Waals surface area contributed by atoms with Crippen LogP contribution in [0.25, 0.3) is 0 Å². The molecule has 0 aliphatic rings. The van der Waals surface area contributed by atoms with Crippen LogP contribution in [0.5, 0.6) is 0 Å². The van der Waals surface area contributed by atoms with Gasteiger partial charge in [0, 0.05) is 16.8 Å². The van der Waals surface area contributed by atoms with Gasteiger partial charge in [-0.3, -0.25) is 0 Å². The Hall–Kier alpha value is 0.896. The van der Waals surface area contributed by atoms with Gasteiger partial charge in [-0.2, -0.15) is 0 Å². The summed E-state index contributed by atoms with van der Waals surface area (Å²) in [5, 5.41) is 0. The van der Waals surface area contributed by atoms with Gasteiger partial charge in [-0.1, -0.05) is 27.7 Å². The zero-order valence-electron chi connectivity index (χ0n) is 7.93. The molecule has 71 valence electrons. The fourth-order valence-corrected chi connectivity index (χ4v) is 3.79. The van der Waals surface area contributed by atoms with Crippen LogP contribution in [0.3, 0.4) is 0 Å². The van der Waals surface area contributed by atoms with E-state index in [4.69, 9.17) is 5.73 Å². The first kappa shape index (κ1) is 14.4. The molecule has 3 heteroatoms. The molecule has 0 rings (SSSR count). The van der Waals surface area contributed by atoms with Crippen LogP contribution in [-0.2, 0) is 16.8 Å². The molecule has 2 N–H and O–H groups in total. The van der Waals surface area contributed by atoms with Gasteiger partial charge in [0.2, 0.25) is 0 Å². The van der Waals surface area contributed by atoms with E-state index in [2.05, 4.69) is 27.7 Å². The predicted molar refractivity (Wildman–Crippen MR) is 51.1 cm³/mol. The van der Waals surface area contributed by atoms with Crippen LogP contribution >= 0.6 is 7.92 Å². The van der Waals surface area contributed by atoms with E-state index in [1.165, 1.54) is 6.16 Å². The molecule has 0 amide bonds. The van der Waals surface area contributed by atoms with Crippen molar-refractivity contribution in [2.45, 2.75) is 39.0 Å². The summed E-state index contributed by atoms with van der Waals surface area (Å²) < 4.78 is 0. The third-order valence-corrected chi connectivity index (χ3v) is 5.14. The Morgan fingerprint density at radius 1 is 1.09 bits per heavy atom. The summed E-state index contributed by atoms with van der Waals surface area (Å²) in [5.41, 5.74) is 7.21. The van der Waals surface area contributed by atoms with Crippen LogP contribution in [0, 0.1) is 0 Å². The van der Waals surface area contributed by atoms with Gasteiger partial charge < -0.3 is 5.73 Å². The predicted octanol–water partition coefficient (Wildman–Crippen LogP) is 2.24. The molecule has 0 spiro atoms. The first-order chi connectivity index (χ1) is 4.59. The van der Waals surface area contributed by atoms with Gasteiger partial charge >= 0.3 is 0 Å². The second-order valence-corrected chi connectivity index (χ2v) is 6.76. The summed E-state index contributed by atoms with van der Waals surface area (Å²) in [5.74, 6) is 0. The van der Waals surface area contributed by atoms with Gasteiger partial charge in [-0.05, 0) is 24.0 Å². The average Bonchev–Trinajstić information content (AvgIpc) is 1.81. The average molecular weight is 220 g/mol. The smallest absolute Gasteiger partial charge is 0 e. The Balaban J connectivity index is 0. The molecule has 0 aromatic carbocycles. The number of hydrogen-bond acceptors (Lipinski definition) is 1. The van der Waals surface area contributed by atoms with Crippen molar-refractivity contribution in [3.05, 3.63) is 0 Å². The van der Waals surface area contributed by atoms with Crippen LogP contribution < -0.4 is 5.73 Å². The molecule has 0 aromatic rings. The summed E-state index contributed by atoms with van der Waals surface area (Å²) in [7, 11) is 0.196. The Morgan fingerprint density at radius 2 is 1.45 bits per heavy atom. The van der Waals surface area contributed by atoms with Crippen LogP contribution in [0.2, 0.25) is 0 Å².